The molecule has 1 rings (SSSR count). The monoisotopic (exact) mass is 335 g/mol. The molecule has 0 aliphatic heterocycles. The van der Waals surface area contributed by atoms with Crippen LogP contribution in [-0.4, -0.2) is 39.1 Å². The first-order valence-electron chi connectivity index (χ1n) is 7.10. The van der Waals surface area contributed by atoms with Gasteiger partial charge in [0.15, 0.2) is 0 Å². The quantitative estimate of drug-likeness (QED) is 0.741. The van der Waals surface area contributed by atoms with E-state index >= 15 is 0 Å². The standard InChI is InChI=1S/C15H20F3NO4/c1-3-12(23-14(20)19-7-8-21-2)10-22-13-6-4-5-11(9-13)15(16,17)18/h4-6,9,12H,3,7-8,10H2,1-2H3,(H,19,20). The Morgan fingerprint density at radius 1 is 1.35 bits per heavy atom. The summed E-state index contributed by atoms with van der Waals surface area (Å²) in [6.07, 6.45) is -5.15. The summed E-state index contributed by atoms with van der Waals surface area (Å²) in [4.78, 5) is 11.5. The molecule has 0 aliphatic carbocycles. The molecule has 0 bridgehead atoms. The van der Waals surface area contributed by atoms with Gasteiger partial charge in [-0.15, -0.1) is 0 Å². The zero-order chi connectivity index (χ0) is 17.3. The highest BCUT2D eigenvalue weighted by Gasteiger charge is 2.30. The van der Waals surface area contributed by atoms with E-state index in [1.54, 1.807) is 6.92 Å². The molecule has 1 aromatic rings. The highest BCUT2D eigenvalue weighted by molar-refractivity contribution is 5.67. The van der Waals surface area contributed by atoms with Gasteiger partial charge in [-0.05, 0) is 24.6 Å². The highest BCUT2D eigenvalue weighted by atomic mass is 19.4. The fourth-order valence-corrected chi connectivity index (χ4v) is 1.63. The van der Waals surface area contributed by atoms with Crippen LogP contribution in [0.2, 0.25) is 0 Å². The van der Waals surface area contributed by atoms with Crippen LogP contribution in [-0.2, 0) is 15.7 Å². The van der Waals surface area contributed by atoms with Gasteiger partial charge in [0.25, 0.3) is 0 Å². The van der Waals surface area contributed by atoms with Crippen LogP contribution in [0.15, 0.2) is 24.3 Å². The molecule has 0 saturated carbocycles. The fourth-order valence-electron chi connectivity index (χ4n) is 1.63. The molecule has 1 aromatic carbocycles. The Labute approximate surface area is 132 Å². The van der Waals surface area contributed by atoms with Gasteiger partial charge in [-0.2, -0.15) is 13.2 Å². The van der Waals surface area contributed by atoms with Crippen LogP contribution in [0.3, 0.4) is 0 Å². The van der Waals surface area contributed by atoms with Gasteiger partial charge in [-0.3, -0.25) is 0 Å². The third-order valence-electron chi connectivity index (χ3n) is 2.90. The summed E-state index contributed by atoms with van der Waals surface area (Å²) in [7, 11) is 1.50. The number of carbonyl (C=O) groups excluding carboxylic acids is 1. The minimum Gasteiger partial charge on any atom is -0.490 e. The molecule has 0 saturated heterocycles. The lowest BCUT2D eigenvalue weighted by Crippen LogP contribution is -2.33. The van der Waals surface area contributed by atoms with Gasteiger partial charge < -0.3 is 19.5 Å². The van der Waals surface area contributed by atoms with E-state index in [9.17, 15) is 18.0 Å². The molecule has 0 radical (unpaired) electrons. The van der Waals surface area contributed by atoms with Gasteiger partial charge in [-0.25, -0.2) is 4.79 Å². The zero-order valence-electron chi connectivity index (χ0n) is 13.0. The van der Waals surface area contributed by atoms with Gasteiger partial charge in [0.2, 0.25) is 0 Å². The Hall–Kier alpha value is -1.96. The Morgan fingerprint density at radius 2 is 2.09 bits per heavy atom. The minimum atomic E-state index is -4.43. The molecule has 0 spiro atoms. The maximum absolute atomic E-state index is 12.6. The first kappa shape index (κ1) is 19.1. The number of rotatable bonds is 8. The van der Waals surface area contributed by atoms with Gasteiger partial charge in [0.1, 0.15) is 18.5 Å². The number of carbonyl (C=O) groups is 1. The van der Waals surface area contributed by atoms with Crippen LogP contribution < -0.4 is 10.1 Å². The van der Waals surface area contributed by atoms with Crippen LogP contribution in [0.25, 0.3) is 0 Å². The second-order valence-electron chi connectivity index (χ2n) is 4.69. The third-order valence-corrected chi connectivity index (χ3v) is 2.90. The lowest BCUT2D eigenvalue weighted by molar-refractivity contribution is -0.137. The number of halogens is 3. The van der Waals surface area contributed by atoms with Crippen molar-refractivity contribution in [3.63, 3.8) is 0 Å². The predicted octanol–water partition coefficient (Wildman–Crippen LogP) is 3.24. The van der Waals surface area contributed by atoms with Crippen LogP contribution in [0.4, 0.5) is 18.0 Å². The SMILES string of the molecule is CCC(COc1cccc(C(F)(F)F)c1)OC(=O)NCCOC. The van der Waals surface area contributed by atoms with E-state index in [0.29, 0.717) is 19.6 Å². The summed E-state index contributed by atoms with van der Waals surface area (Å²) in [6, 6.07) is 4.55. The fraction of sp³-hybridized carbons (Fsp3) is 0.533. The van der Waals surface area contributed by atoms with Gasteiger partial charge in [0.05, 0.1) is 12.2 Å². The van der Waals surface area contributed by atoms with Gasteiger partial charge >= 0.3 is 12.3 Å². The number of methoxy groups -OCH3 is 1. The van der Waals surface area contributed by atoms with E-state index in [-0.39, 0.29) is 12.4 Å². The summed E-state index contributed by atoms with van der Waals surface area (Å²) in [6.45, 7) is 2.41. The van der Waals surface area contributed by atoms with Crippen molar-refractivity contribution in [2.24, 2.45) is 0 Å². The molecule has 1 amide bonds. The average molecular weight is 335 g/mol. The Morgan fingerprint density at radius 3 is 2.70 bits per heavy atom. The van der Waals surface area contributed by atoms with E-state index in [4.69, 9.17) is 14.2 Å². The Balaban J connectivity index is 2.49. The van der Waals surface area contributed by atoms with E-state index in [1.807, 2.05) is 0 Å². The number of alkyl carbamates (subject to hydrolysis) is 1. The maximum Gasteiger partial charge on any atom is 0.416 e. The second-order valence-corrected chi connectivity index (χ2v) is 4.69. The van der Waals surface area contributed by atoms with Crippen LogP contribution in [0, 0.1) is 0 Å². The number of alkyl halides is 3. The molecule has 1 N–H and O–H groups in total. The second kappa shape index (κ2) is 9.24. The average Bonchev–Trinajstić information content (AvgIpc) is 2.51. The van der Waals surface area contributed by atoms with E-state index in [1.165, 1.54) is 19.2 Å². The summed E-state index contributed by atoms with van der Waals surface area (Å²) in [5, 5.41) is 2.49. The van der Waals surface area contributed by atoms with Crippen LogP contribution in [0.5, 0.6) is 5.75 Å². The molecule has 0 fully saturated rings. The van der Waals surface area contributed by atoms with E-state index < -0.39 is 23.9 Å². The number of hydrogen-bond donors (Lipinski definition) is 1. The first-order valence-corrected chi connectivity index (χ1v) is 7.10. The summed E-state index contributed by atoms with van der Waals surface area (Å²) >= 11 is 0. The number of hydrogen-bond acceptors (Lipinski definition) is 4. The van der Waals surface area contributed by atoms with Crippen molar-refractivity contribution >= 4 is 6.09 Å². The third kappa shape index (κ3) is 7.23. The molecular weight excluding hydrogens is 315 g/mol. The summed E-state index contributed by atoms with van der Waals surface area (Å²) < 4.78 is 53.0. The number of ether oxygens (including phenoxy) is 3. The van der Waals surface area contributed by atoms with E-state index in [2.05, 4.69) is 5.32 Å². The van der Waals surface area contributed by atoms with E-state index in [0.717, 1.165) is 12.1 Å². The zero-order valence-corrected chi connectivity index (χ0v) is 13.0. The van der Waals surface area contributed by atoms with Crippen molar-refractivity contribution in [2.75, 3.05) is 26.9 Å². The Bertz CT molecular complexity index is 494. The Kier molecular flexibility index (Phi) is 7.67. The number of benzene rings is 1. The van der Waals surface area contributed by atoms with Crippen molar-refractivity contribution < 1.29 is 32.2 Å². The first-order chi connectivity index (χ1) is 10.9. The lowest BCUT2D eigenvalue weighted by atomic mass is 10.2. The van der Waals surface area contributed by atoms with Crippen molar-refractivity contribution in [3.8, 4) is 5.75 Å². The topological polar surface area (TPSA) is 56.8 Å². The molecule has 0 aliphatic rings. The molecule has 0 aromatic heterocycles. The van der Waals surface area contributed by atoms with Crippen molar-refractivity contribution in [1.29, 1.82) is 0 Å². The summed E-state index contributed by atoms with van der Waals surface area (Å²) in [5.41, 5.74) is -0.790. The normalized spacial score (nSPS) is 12.6. The van der Waals surface area contributed by atoms with Crippen LogP contribution >= 0.6 is 0 Å². The van der Waals surface area contributed by atoms with Crippen LogP contribution in [0.1, 0.15) is 18.9 Å². The van der Waals surface area contributed by atoms with Gasteiger partial charge in [0, 0.05) is 13.7 Å². The molecule has 130 valence electrons. The minimum absolute atomic E-state index is 0.0322. The number of amides is 1. The molecule has 23 heavy (non-hydrogen) atoms. The molecule has 1 unspecified atom stereocenters. The number of nitrogens with one attached hydrogen (secondary N) is 1. The van der Waals surface area contributed by atoms with Crippen molar-refractivity contribution in [3.05, 3.63) is 29.8 Å². The highest BCUT2D eigenvalue weighted by Crippen LogP contribution is 2.31. The van der Waals surface area contributed by atoms with Gasteiger partial charge in [-0.1, -0.05) is 13.0 Å². The molecule has 5 nitrogen and oxygen atoms in total. The molecule has 0 heterocycles. The largest absolute Gasteiger partial charge is 0.490 e. The molecule has 8 heteroatoms. The smallest absolute Gasteiger partial charge is 0.416 e. The predicted molar refractivity (Wildman–Crippen MR) is 77.4 cm³/mol. The lowest BCUT2D eigenvalue weighted by Gasteiger charge is -2.18. The molecular formula is C15H20F3NO4. The van der Waals surface area contributed by atoms with Crippen molar-refractivity contribution in [1.82, 2.24) is 5.32 Å². The summed E-state index contributed by atoms with van der Waals surface area (Å²) in [5.74, 6) is 0.0710. The maximum atomic E-state index is 12.6. The van der Waals surface area contributed by atoms with Crippen molar-refractivity contribution in [2.45, 2.75) is 25.6 Å². The molecule has 1 atom stereocenters.